The molecule has 0 aliphatic carbocycles. The third-order valence-corrected chi connectivity index (χ3v) is 6.32. The molecule has 1 amide bonds. The second-order valence-electron chi connectivity index (χ2n) is 6.60. The summed E-state index contributed by atoms with van der Waals surface area (Å²) in [6, 6.07) is 6.59. The number of benzene rings is 1. The van der Waals surface area contributed by atoms with Crippen LogP contribution in [0.1, 0.15) is 32.1 Å². The molecule has 0 bridgehead atoms. The Kier molecular flexibility index (Phi) is 5.53. The standard InChI is InChI=1S/C17H25N3O3S/c21-17-5-3-14-20(17)15-6-8-16(9-7-15)24(22,23)18-10-4-13-19-11-1-2-12-19/h6-9,18H,1-5,10-14H2/p+1. The van der Waals surface area contributed by atoms with Crippen molar-refractivity contribution in [2.75, 3.05) is 37.6 Å². The first-order valence-electron chi connectivity index (χ1n) is 8.80. The van der Waals surface area contributed by atoms with Crippen LogP contribution in [0.15, 0.2) is 29.2 Å². The van der Waals surface area contributed by atoms with Crippen LogP contribution in [0.25, 0.3) is 0 Å². The number of sulfonamides is 1. The molecule has 2 heterocycles. The normalized spacial score (nSPS) is 19.3. The third-order valence-electron chi connectivity index (χ3n) is 4.84. The van der Waals surface area contributed by atoms with Crippen molar-refractivity contribution < 1.29 is 18.1 Å². The Morgan fingerprint density at radius 3 is 2.42 bits per heavy atom. The molecular formula is C17H26N3O3S+. The molecule has 0 spiro atoms. The van der Waals surface area contributed by atoms with Gasteiger partial charge in [-0.15, -0.1) is 0 Å². The molecule has 0 unspecified atom stereocenters. The number of hydrogen-bond donors (Lipinski definition) is 2. The number of anilines is 1. The van der Waals surface area contributed by atoms with Gasteiger partial charge in [-0.3, -0.25) is 4.79 Å². The quantitative estimate of drug-likeness (QED) is 0.687. The lowest BCUT2D eigenvalue weighted by molar-refractivity contribution is -0.887. The van der Waals surface area contributed by atoms with Gasteiger partial charge in [0.05, 0.1) is 24.5 Å². The van der Waals surface area contributed by atoms with E-state index in [0.717, 1.165) is 25.1 Å². The summed E-state index contributed by atoms with van der Waals surface area (Å²) in [5.41, 5.74) is 0.772. The van der Waals surface area contributed by atoms with Crippen LogP contribution in [0.3, 0.4) is 0 Å². The number of nitrogens with zero attached hydrogens (tertiary/aromatic N) is 1. The van der Waals surface area contributed by atoms with Gasteiger partial charge in [-0.25, -0.2) is 13.1 Å². The molecule has 132 valence electrons. The fraction of sp³-hybridized carbons (Fsp3) is 0.588. The Balaban J connectivity index is 1.53. The third kappa shape index (κ3) is 4.15. The lowest BCUT2D eigenvalue weighted by Gasteiger charge is -2.16. The van der Waals surface area contributed by atoms with Crippen molar-refractivity contribution >= 4 is 21.6 Å². The Labute approximate surface area is 143 Å². The summed E-state index contributed by atoms with van der Waals surface area (Å²) < 4.78 is 27.3. The first kappa shape index (κ1) is 17.4. The van der Waals surface area contributed by atoms with Gasteiger partial charge >= 0.3 is 0 Å². The van der Waals surface area contributed by atoms with E-state index < -0.39 is 10.0 Å². The van der Waals surface area contributed by atoms with Crippen LogP contribution in [0.4, 0.5) is 5.69 Å². The molecule has 0 aromatic heterocycles. The molecule has 3 rings (SSSR count). The van der Waals surface area contributed by atoms with Crippen molar-refractivity contribution in [1.29, 1.82) is 0 Å². The molecular weight excluding hydrogens is 326 g/mol. The molecule has 1 aromatic rings. The van der Waals surface area contributed by atoms with Gasteiger partial charge < -0.3 is 9.80 Å². The molecule has 2 aliphatic rings. The van der Waals surface area contributed by atoms with Crippen molar-refractivity contribution in [3.05, 3.63) is 24.3 Å². The highest BCUT2D eigenvalue weighted by molar-refractivity contribution is 7.89. The Morgan fingerprint density at radius 1 is 1.08 bits per heavy atom. The topological polar surface area (TPSA) is 70.9 Å². The fourth-order valence-corrected chi connectivity index (χ4v) is 4.55. The largest absolute Gasteiger partial charge is 0.335 e. The minimum Gasteiger partial charge on any atom is -0.335 e. The van der Waals surface area contributed by atoms with Crippen LogP contribution in [-0.4, -0.2) is 47.0 Å². The van der Waals surface area contributed by atoms with Gasteiger partial charge in [-0.2, -0.15) is 0 Å². The van der Waals surface area contributed by atoms with E-state index in [4.69, 9.17) is 0 Å². The van der Waals surface area contributed by atoms with E-state index in [-0.39, 0.29) is 10.8 Å². The first-order chi connectivity index (χ1) is 11.6. The van der Waals surface area contributed by atoms with Crippen LogP contribution in [0.5, 0.6) is 0 Å². The second-order valence-corrected chi connectivity index (χ2v) is 8.37. The fourth-order valence-electron chi connectivity index (χ4n) is 3.48. The van der Waals surface area contributed by atoms with Crippen molar-refractivity contribution in [3.8, 4) is 0 Å². The zero-order valence-corrected chi connectivity index (χ0v) is 14.8. The summed E-state index contributed by atoms with van der Waals surface area (Å²) >= 11 is 0. The molecule has 6 nitrogen and oxygen atoms in total. The number of carbonyl (C=O) groups is 1. The summed E-state index contributed by atoms with van der Waals surface area (Å²) in [5, 5.41) is 0. The predicted octanol–water partition coefficient (Wildman–Crippen LogP) is 0.161. The molecule has 1 aromatic carbocycles. The average molecular weight is 352 g/mol. The second kappa shape index (κ2) is 7.63. The van der Waals surface area contributed by atoms with E-state index >= 15 is 0 Å². The van der Waals surface area contributed by atoms with Gasteiger partial charge in [0.1, 0.15) is 0 Å². The molecule has 2 aliphatic heterocycles. The number of amides is 1. The summed E-state index contributed by atoms with van der Waals surface area (Å²) in [6.07, 6.45) is 4.86. The smallest absolute Gasteiger partial charge is 0.240 e. The molecule has 7 heteroatoms. The van der Waals surface area contributed by atoms with Gasteiger partial charge in [0, 0.05) is 44.5 Å². The van der Waals surface area contributed by atoms with Crippen molar-refractivity contribution in [3.63, 3.8) is 0 Å². The van der Waals surface area contributed by atoms with Crippen LogP contribution in [0.2, 0.25) is 0 Å². The minimum absolute atomic E-state index is 0.105. The van der Waals surface area contributed by atoms with E-state index in [9.17, 15) is 13.2 Å². The van der Waals surface area contributed by atoms with Gasteiger partial charge in [-0.1, -0.05) is 0 Å². The number of rotatable bonds is 7. The highest BCUT2D eigenvalue weighted by Crippen LogP contribution is 2.22. The maximum atomic E-state index is 12.3. The molecule has 24 heavy (non-hydrogen) atoms. The average Bonchev–Trinajstić information content (AvgIpc) is 3.23. The molecule has 0 radical (unpaired) electrons. The minimum atomic E-state index is -3.47. The summed E-state index contributed by atoms with van der Waals surface area (Å²) in [4.78, 5) is 15.3. The van der Waals surface area contributed by atoms with Crippen molar-refractivity contribution in [1.82, 2.24) is 4.72 Å². The lowest BCUT2D eigenvalue weighted by atomic mass is 10.3. The Morgan fingerprint density at radius 2 is 1.79 bits per heavy atom. The van der Waals surface area contributed by atoms with Crippen LogP contribution >= 0.6 is 0 Å². The molecule has 2 fully saturated rings. The lowest BCUT2D eigenvalue weighted by Crippen LogP contribution is -3.10. The Hall–Kier alpha value is -1.44. The summed E-state index contributed by atoms with van der Waals surface area (Å²) in [5.74, 6) is 0.105. The number of likely N-dealkylation sites (tertiary alicyclic amines) is 1. The van der Waals surface area contributed by atoms with E-state index in [1.165, 1.54) is 25.9 Å². The molecule has 0 atom stereocenters. The zero-order chi connectivity index (χ0) is 17.0. The van der Waals surface area contributed by atoms with E-state index in [1.54, 1.807) is 34.1 Å². The molecule has 2 N–H and O–H groups in total. The molecule has 2 saturated heterocycles. The monoisotopic (exact) mass is 352 g/mol. The number of quaternary nitrogens is 1. The highest BCUT2D eigenvalue weighted by atomic mass is 32.2. The van der Waals surface area contributed by atoms with Gasteiger partial charge in [0.2, 0.25) is 15.9 Å². The van der Waals surface area contributed by atoms with E-state index in [1.807, 2.05) is 0 Å². The van der Waals surface area contributed by atoms with Gasteiger partial charge in [0.15, 0.2) is 0 Å². The number of hydrogen-bond acceptors (Lipinski definition) is 3. The summed E-state index contributed by atoms with van der Waals surface area (Å²) in [6.45, 7) is 4.63. The number of carbonyl (C=O) groups excluding carboxylic acids is 1. The SMILES string of the molecule is O=C1CCCN1c1ccc(S(=O)(=O)NCCC[NH+]2CCCC2)cc1. The zero-order valence-electron chi connectivity index (χ0n) is 14.0. The van der Waals surface area contributed by atoms with Crippen molar-refractivity contribution in [2.45, 2.75) is 37.0 Å². The number of nitrogens with one attached hydrogen (secondary N) is 2. The van der Waals surface area contributed by atoms with Crippen LogP contribution < -0.4 is 14.5 Å². The van der Waals surface area contributed by atoms with Crippen molar-refractivity contribution in [2.24, 2.45) is 0 Å². The van der Waals surface area contributed by atoms with Crippen LogP contribution in [0, 0.1) is 0 Å². The van der Waals surface area contributed by atoms with E-state index in [0.29, 0.717) is 19.5 Å². The predicted molar refractivity (Wildman–Crippen MR) is 92.6 cm³/mol. The summed E-state index contributed by atoms with van der Waals surface area (Å²) in [7, 11) is -3.47. The van der Waals surface area contributed by atoms with Gasteiger partial charge in [0.25, 0.3) is 0 Å². The van der Waals surface area contributed by atoms with Crippen LogP contribution in [-0.2, 0) is 14.8 Å². The van der Waals surface area contributed by atoms with E-state index in [2.05, 4.69) is 4.72 Å². The highest BCUT2D eigenvalue weighted by Gasteiger charge is 2.22. The maximum absolute atomic E-state index is 12.3. The first-order valence-corrected chi connectivity index (χ1v) is 10.3. The molecule has 0 saturated carbocycles. The maximum Gasteiger partial charge on any atom is 0.240 e. The Bertz CT molecular complexity index is 667. The van der Waals surface area contributed by atoms with Gasteiger partial charge in [-0.05, 0) is 30.7 Å².